The molecule has 0 saturated heterocycles. The average molecular weight is 159 g/mol. The van der Waals surface area contributed by atoms with E-state index in [4.69, 9.17) is 4.74 Å². The SMILES string of the molecule is CN/C(=C\C(=O)OC)COC. The van der Waals surface area contributed by atoms with Crippen LogP contribution in [0.4, 0.5) is 0 Å². The molecule has 0 amide bonds. The van der Waals surface area contributed by atoms with E-state index in [0.29, 0.717) is 12.3 Å². The number of carbonyl (C=O) groups is 1. The van der Waals surface area contributed by atoms with Crippen molar-refractivity contribution in [3.8, 4) is 0 Å². The summed E-state index contributed by atoms with van der Waals surface area (Å²) in [6, 6.07) is 0. The molecule has 11 heavy (non-hydrogen) atoms. The van der Waals surface area contributed by atoms with Crippen molar-refractivity contribution in [1.29, 1.82) is 0 Å². The highest BCUT2D eigenvalue weighted by Gasteiger charge is 1.97. The van der Waals surface area contributed by atoms with Crippen LogP contribution < -0.4 is 5.32 Å². The minimum atomic E-state index is -0.383. The van der Waals surface area contributed by atoms with Crippen molar-refractivity contribution in [1.82, 2.24) is 5.32 Å². The van der Waals surface area contributed by atoms with E-state index in [-0.39, 0.29) is 5.97 Å². The van der Waals surface area contributed by atoms with Crippen LogP contribution in [0.2, 0.25) is 0 Å². The van der Waals surface area contributed by atoms with Gasteiger partial charge in [0.15, 0.2) is 0 Å². The molecule has 0 aliphatic carbocycles. The molecule has 1 N–H and O–H groups in total. The lowest BCUT2D eigenvalue weighted by molar-refractivity contribution is -0.134. The molecule has 4 nitrogen and oxygen atoms in total. The summed E-state index contributed by atoms with van der Waals surface area (Å²) in [6.07, 6.45) is 1.35. The Bertz CT molecular complexity index is 154. The molecule has 0 fully saturated rings. The molecular weight excluding hydrogens is 146 g/mol. The number of methoxy groups -OCH3 is 2. The van der Waals surface area contributed by atoms with Crippen LogP contribution in [0, 0.1) is 0 Å². The number of likely N-dealkylation sites (N-methyl/N-ethyl adjacent to an activating group) is 1. The maximum atomic E-state index is 10.7. The highest BCUT2D eigenvalue weighted by Crippen LogP contribution is 1.89. The number of carbonyl (C=O) groups excluding carboxylic acids is 1. The Morgan fingerprint density at radius 1 is 1.55 bits per heavy atom. The lowest BCUT2D eigenvalue weighted by Crippen LogP contribution is -2.13. The molecule has 0 aliphatic rings. The van der Waals surface area contributed by atoms with E-state index in [1.54, 1.807) is 14.2 Å². The summed E-state index contributed by atoms with van der Waals surface area (Å²) in [6.45, 7) is 0.381. The van der Waals surface area contributed by atoms with Gasteiger partial charge in [-0.1, -0.05) is 0 Å². The lowest BCUT2D eigenvalue weighted by atomic mass is 10.4. The predicted molar refractivity (Wildman–Crippen MR) is 41.0 cm³/mol. The van der Waals surface area contributed by atoms with Gasteiger partial charge in [0.2, 0.25) is 0 Å². The maximum absolute atomic E-state index is 10.7. The summed E-state index contributed by atoms with van der Waals surface area (Å²) >= 11 is 0. The Morgan fingerprint density at radius 2 is 2.18 bits per heavy atom. The van der Waals surface area contributed by atoms with Gasteiger partial charge in [-0.05, 0) is 0 Å². The molecule has 0 saturated carbocycles. The fraction of sp³-hybridized carbons (Fsp3) is 0.571. The van der Waals surface area contributed by atoms with Crippen LogP contribution >= 0.6 is 0 Å². The van der Waals surface area contributed by atoms with Crippen LogP contribution in [-0.2, 0) is 14.3 Å². The number of hydrogen-bond acceptors (Lipinski definition) is 4. The Balaban J connectivity index is 3.99. The number of hydrogen-bond donors (Lipinski definition) is 1. The van der Waals surface area contributed by atoms with Crippen molar-refractivity contribution in [2.24, 2.45) is 0 Å². The topological polar surface area (TPSA) is 47.6 Å². The van der Waals surface area contributed by atoms with E-state index in [2.05, 4.69) is 10.1 Å². The molecule has 0 aromatic rings. The van der Waals surface area contributed by atoms with E-state index in [1.165, 1.54) is 13.2 Å². The van der Waals surface area contributed by atoms with Crippen LogP contribution in [0.1, 0.15) is 0 Å². The first-order chi connectivity index (χ1) is 5.24. The second kappa shape index (κ2) is 5.73. The fourth-order valence-corrected chi connectivity index (χ4v) is 0.543. The summed E-state index contributed by atoms with van der Waals surface area (Å²) in [7, 11) is 4.61. The molecule has 64 valence electrons. The molecule has 0 spiro atoms. The Morgan fingerprint density at radius 3 is 2.55 bits per heavy atom. The Kier molecular flexibility index (Phi) is 5.20. The van der Waals surface area contributed by atoms with Gasteiger partial charge in [-0.15, -0.1) is 0 Å². The summed E-state index contributed by atoms with van der Waals surface area (Å²) in [5.41, 5.74) is 0.694. The van der Waals surface area contributed by atoms with Gasteiger partial charge in [0.25, 0.3) is 0 Å². The number of esters is 1. The van der Waals surface area contributed by atoms with Crippen LogP contribution in [0.25, 0.3) is 0 Å². The first-order valence-corrected chi connectivity index (χ1v) is 3.19. The van der Waals surface area contributed by atoms with Crippen molar-refractivity contribution in [3.63, 3.8) is 0 Å². The molecule has 0 radical (unpaired) electrons. The maximum Gasteiger partial charge on any atom is 0.332 e. The summed E-state index contributed by atoms with van der Waals surface area (Å²) in [5, 5.41) is 2.80. The first kappa shape index (κ1) is 9.97. The number of ether oxygens (including phenoxy) is 2. The van der Waals surface area contributed by atoms with Crippen molar-refractivity contribution in [2.45, 2.75) is 0 Å². The van der Waals surface area contributed by atoms with Gasteiger partial charge in [-0.25, -0.2) is 4.79 Å². The average Bonchev–Trinajstić information content (AvgIpc) is 2.03. The minimum Gasteiger partial charge on any atom is -0.466 e. The fourth-order valence-electron chi connectivity index (χ4n) is 0.543. The van der Waals surface area contributed by atoms with E-state index in [1.807, 2.05) is 0 Å². The highest BCUT2D eigenvalue weighted by atomic mass is 16.5. The third kappa shape index (κ3) is 4.38. The molecular formula is C7H13NO3. The predicted octanol–water partition coefficient (Wildman–Crippen LogP) is -0.0909. The monoisotopic (exact) mass is 159 g/mol. The zero-order valence-corrected chi connectivity index (χ0v) is 7.01. The molecule has 0 atom stereocenters. The van der Waals surface area contributed by atoms with Gasteiger partial charge in [0.1, 0.15) is 0 Å². The van der Waals surface area contributed by atoms with Crippen molar-refractivity contribution in [3.05, 3.63) is 11.8 Å². The molecule has 0 aromatic carbocycles. The zero-order chi connectivity index (χ0) is 8.69. The van der Waals surface area contributed by atoms with Crippen LogP contribution in [0.3, 0.4) is 0 Å². The number of nitrogens with one attached hydrogen (secondary N) is 1. The zero-order valence-electron chi connectivity index (χ0n) is 7.01. The van der Waals surface area contributed by atoms with Gasteiger partial charge in [-0.3, -0.25) is 0 Å². The molecule has 0 aliphatic heterocycles. The minimum absolute atomic E-state index is 0.381. The van der Waals surface area contributed by atoms with Crippen LogP contribution in [0.15, 0.2) is 11.8 Å². The normalized spacial score (nSPS) is 11.0. The molecule has 0 heterocycles. The van der Waals surface area contributed by atoms with Crippen LogP contribution in [0.5, 0.6) is 0 Å². The third-order valence-electron chi connectivity index (χ3n) is 1.11. The third-order valence-corrected chi connectivity index (χ3v) is 1.11. The summed E-state index contributed by atoms with van der Waals surface area (Å²) in [4.78, 5) is 10.7. The van der Waals surface area contributed by atoms with Gasteiger partial charge >= 0.3 is 5.97 Å². The highest BCUT2D eigenvalue weighted by molar-refractivity contribution is 5.82. The quantitative estimate of drug-likeness (QED) is 0.460. The largest absolute Gasteiger partial charge is 0.466 e. The standard InChI is InChI=1S/C7H13NO3/c1-8-6(5-10-2)4-7(9)11-3/h4,8H,5H2,1-3H3/b6-4-. The summed E-state index contributed by atoms with van der Waals surface area (Å²) < 4.78 is 9.22. The Labute approximate surface area is 66.2 Å². The van der Waals surface area contributed by atoms with Crippen molar-refractivity contribution >= 4 is 5.97 Å². The second-order valence-electron chi connectivity index (χ2n) is 1.88. The van der Waals surface area contributed by atoms with E-state index < -0.39 is 0 Å². The van der Waals surface area contributed by atoms with Crippen molar-refractivity contribution < 1.29 is 14.3 Å². The molecule has 0 aromatic heterocycles. The molecule has 0 bridgehead atoms. The molecule has 0 unspecified atom stereocenters. The van der Waals surface area contributed by atoms with E-state index >= 15 is 0 Å². The van der Waals surface area contributed by atoms with E-state index in [0.717, 1.165) is 0 Å². The molecule has 0 rings (SSSR count). The second-order valence-corrected chi connectivity index (χ2v) is 1.88. The first-order valence-electron chi connectivity index (χ1n) is 3.19. The summed E-state index contributed by atoms with van der Waals surface area (Å²) in [5.74, 6) is -0.383. The van der Waals surface area contributed by atoms with E-state index in [9.17, 15) is 4.79 Å². The van der Waals surface area contributed by atoms with Gasteiger partial charge in [0.05, 0.1) is 13.7 Å². The van der Waals surface area contributed by atoms with Gasteiger partial charge < -0.3 is 14.8 Å². The van der Waals surface area contributed by atoms with Crippen LogP contribution in [-0.4, -0.2) is 33.8 Å². The Hall–Kier alpha value is -1.03. The molecule has 4 heteroatoms. The smallest absolute Gasteiger partial charge is 0.332 e. The van der Waals surface area contributed by atoms with Crippen molar-refractivity contribution in [2.75, 3.05) is 27.9 Å². The number of rotatable bonds is 4. The van der Waals surface area contributed by atoms with Gasteiger partial charge in [0, 0.05) is 25.9 Å². The lowest BCUT2D eigenvalue weighted by Gasteiger charge is -2.03. The van der Waals surface area contributed by atoms with Gasteiger partial charge in [-0.2, -0.15) is 0 Å².